The predicted molar refractivity (Wildman–Crippen MR) is 109 cm³/mol. The van der Waals surface area contributed by atoms with Gasteiger partial charge in [0.1, 0.15) is 5.82 Å². The summed E-state index contributed by atoms with van der Waals surface area (Å²) < 4.78 is 2.07. The topological polar surface area (TPSA) is 71.3 Å². The van der Waals surface area contributed by atoms with Crippen molar-refractivity contribution in [1.82, 2.24) is 25.2 Å². The molecule has 0 atom stereocenters. The molecular weight excluding hydrogens is 358 g/mol. The lowest BCUT2D eigenvalue weighted by molar-refractivity contribution is 0.241. The van der Waals surface area contributed by atoms with Gasteiger partial charge in [-0.3, -0.25) is 4.40 Å². The van der Waals surface area contributed by atoms with Crippen molar-refractivity contribution in [2.45, 2.75) is 43.9 Å². The molecule has 7 heteroatoms. The minimum atomic E-state index is -0.142. The first kappa shape index (κ1) is 19.2. The summed E-state index contributed by atoms with van der Waals surface area (Å²) in [6, 6.07) is 12.1. The zero-order valence-corrected chi connectivity index (χ0v) is 16.7. The minimum absolute atomic E-state index is 0.142. The first-order chi connectivity index (χ1) is 13.1. The second-order valence-electron chi connectivity index (χ2n) is 6.59. The number of thioether (sulfide) groups is 1. The molecule has 0 fully saturated rings. The van der Waals surface area contributed by atoms with Crippen LogP contribution in [0.3, 0.4) is 0 Å². The van der Waals surface area contributed by atoms with Crippen LogP contribution in [-0.4, -0.2) is 27.2 Å². The van der Waals surface area contributed by atoms with Crippen LogP contribution in [-0.2, 0) is 12.3 Å². The van der Waals surface area contributed by atoms with Crippen LogP contribution in [0.15, 0.2) is 47.5 Å². The van der Waals surface area contributed by atoms with Gasteiger partial charge in [-0.25, -0.2) is 4.79 Å². The Morgan fingerprint density at radius 1 is 1.15 bits per heavy atom. The third-order valence-electron chi connectivity index (χ3n) is 4.15. The summed E-state index contributed by atoms with van der Waals surface area (Å²) in [4.78, 5) is 12.8. The number of nitrogens with zero attached hydrogens (tertiary/aromatic N) is 3. The summed E-state index contributed by atoms with van der Waals surface area (Å²) in [5.74, 6) is 2.14. The van der Waals surface area contributed by atoms with E-state index >= 15 is 0 Å². The van der Waals surface area contributed by atoms with E-state index in [-0.39, 0.29) is 6.03 Å². The van der Waals surface area contributed by atoms with Crippen LogP contribution in [0.5, 0.6) is 0 Å². The Kier molecular flexibility index (Phi) is 6.34. The zero-order chi connectivity index (χ0) is 19.2. The van der Waals surface area contributed by atoms with Gasteiger partial charge in [0.05, 0.1) is 0 Å². The van der Waals surface area contributed by atoms with Gasteiger partial charge in [-0.2, -0.15) is 0 Å². The summed E-state index contributed by atoms with van der Waals surface area (Å²) >= 11 is 1.76. The molecule has 6 nitrogen and oxygen atoms in total. The molecule has 0 aliphatic carbocycles. The highest BCUT2D eigenvalue weighted by molar-refractivity contribution is 7.98. The molecular formula is C20H25N5OS. The number of urea groups is 1. The highest BCUT2D eigenvalue weighted by Gasteiger charge is 2.10. The maximum atomic E-state index is 11.6. The number of benzene rings is 1. The molecule has 0 aliphatic heterocycles. The van der Waals surface area contributed by atoms with E-state index in [0.29, 0.717) is 19.0 Å². The lowest BCUT2D eigenvalue weighted by Crippen LogP contribution is -2.34. The molecule has 2 heterocycles. The maximum Gasteiger partial charge on any atom is 0.315 e. The SMILES string of the molecule is CCNC(=O)NCc1ccccc1SCc1ccc2nnc(C(C)C)n2c1. The number of hydrogen-bond acceptors (Lipinski definition) is 4. The maximum absolute atomic E-state index is 11.6. The number of fused-ring (bicyclic) bond motifs is 1. The normalized spacial score (nSPS) is 11.1. The van der Waals surface area contributed by atoms with Crippen LogP contribution in [0, 0.1) is 0 Å². The summed E-state index contributed by atoms with van der Waals surface area (Å²) in [7, 11) is 0. The minimum Gasteiger partial charge on any atom is -0.338 e. The molecule has 27 heavy (non-hydrogen) atoms. The molecule has 3 rings (SSSR count). The third-order valence-corrected chi connectivity index (χ3v) is 5.34. The summed E-state index contributed by atoms with van der Waals surface area (Å²) in [6.07, 6.45) is 2.12. The molecule has 0 radical (unpaired) electrons. The van der Waals surface area contributed by atoms with Crippen molar-refractivity contribution in [3.05, 3.63) is 59.5 Å². The van der Waals surface area contributed by atoms with Gasteiger partial charge in [-0.1, -0.05) is 38.1 Å². The number of aromatic nitrogens is 3. The van der Waals surface area contributed by atoms with Gasteiger partial charge in [-0.05, 0) is 30.2 Å². The van der Waals surface area contributed by atoms with E-state index in [1.807, 2.05) is 25.1 Å². The monoisotopic (exact) mass is 383 g/mol. The van der Waals surface area contributed by atoms with Crippen LogP contribution in [0.25, 0.3) is 5.65 Å². The van der Waals surface area contributed by atoms with Crippen LogP contribution >= 0.6 is 11.8 Å². The summed E-state index contributed by atoms with van der Waals surface area (Å²) in [5.41, 5.74) is 3.20. The smallest absolute Gasteiger partial charge is 0.315 e. The quantitative estimate of drug-likeness (QED) is 0.606. The average Bonchev–Trinajstić information content (AvgIpc) is 3.09. The second kappa shape index (κ2) is 8.90. The van der Waals surface area contributed by atoms with Crippen LogP contribution in [0.4, 0.5) is 4.79 Å². The summed E-state index contributed by atoms with van der Waals surface area (Å²) in [5, 5.41) is 14.2. The van der Waals surface area contributed by atoms with Gasteiger partial charge >= 0.3 is 6.03 Å². The predicted octanol–water partition coefficient (Wildman–Crippen LogP) is 3.96. The number of rotatable bonds is 7. The zero-order valence-electron chi connectivity index (χ0n) is 15.9. The molecule has 2 amide bonds. The highest BCUT2D eigenvalue weighted by atomic mass is 32.2. The van der Waals surface area contributed by atoms with Gasteiger partial charge < -0.3 is 10.6 Å². The lowest BCUT2D eigenvalue weighted by atomic mass is 10.2. The van der Waals surface area contributed by atoms with Crippen molar-refractivity contribution in [3.63, 3.8) is 0 Å². The first-order valence-corrected chi connectivity index (χ1v) is 10.1. The Bertz CT molecular complexity index is 922. The van der Waals surface area contributed by atoms with E-state index in [2.05, 4.69) is 63.5 Å². The Morgan fingerprint density at radius 3 is 2.74 bits per heavy atom. The molecule has 2 N–H and O–H groups in total. The molecule has 0 saturated heterocycles. The van der Waals surface area contributed by atoms with E-state index < -0.39 is 0 Å². The van der Waals surface area contributed by atoms with Crippen LogP contribution < -0.4 is 10.6 Å². The number of carbonyl (C=O) groups excluding carboxylic acids is 1. The molecule has 0 bridgehead atoms. The average molecular weight is 384 g/mol. The van der Waals surface area contributed by atoms with Crippen molar-refractivity contribution in [3.8, 4) is 0 Å². The second-order valence-corrected chi connectivity index (χ2v) is 7.61. The fourth-order valence-corrected chi connectivity index (χ4v) is 3.78. The fourth-order valence-electron chi connectivity index (χ4n) is 2.78. The summed E-state index contributed by atoms with van der Waals surface area (Å²) in [6.45, 7) is 7.27. The van der Waals surface area contributed by atoms with Crippen molar-refractivity contribution in [2.24, 2.45) is 0 Å². The Balaban J connectivity index is 1.70. The molecule has 142 valence electrons. The Labute approximate surface area is 163 Å². The van der Waals surface area contributed by atoms with Crippen molar-refractivity contribution >= 4 is 23.4 Å². The van der Waals surface area contributed by atoms with Crippen LogP contribution in [0.2, 0.25) is 0 Å². The van der Waals surface area contributed by atoms with Crippen molar-refractivity contribution in [1.29, 1.82) is 0 Å². The number of pyridine rings is 1. The molecule has 3 aromatic rings. The number of nitrogens with one attached hydrogen (secondary N) is 2. The van der Waals surface area contributed by atoms with E-state index in [4.69, 9.17) is 0 Å². The molecule has 1 aromatic carbocycles. The third kappa shape index (κ3) is 4.80. The van der Waals surface area contributed by atoms with Crippen LogP contribution in [0.1, 0.15) is 43.6 Å². The molecule has 0 spiro atoms. The van der Waals surface area contributed by atoms with Gasteiger partial charge in [0.2, 0.25) is 0 Å². The number of carbonyl (C=O) groups is 1. The van der Waals surface area contributed by atoms with Gasteiger partial charge in [0.15, 0.2) is 5.65 Å². The number of amides is 2. The lowest BCUT2D eigenvalue weighted by Gasteiger charge is -2.11. The van der Waals surface area contributed by atoms with Gasteiger partial charge in [0, 0.05) is 35.9 Å². The Hall–Kier alpha value is -2.54. The molecule has 0 saturated carbocycles. The molecule has 0 aliphatic rings. The fraction of sp³-hybridized carbons (Fsp3) is 0.350. The number of hydrogen-bond donors (Lipinski definition) is 2. The van der Waals surface area contributed by atoms with E-state index in [1.54, 1.807) is 11.8 Å². The van der Waals surface area contributed by atoms with E-state index in [9.17, 15) is 4.79 Å². The van der Waals surface area contributed by atoms with Crippen molar-refractivity contribution in [2.75, 3.05) is 6.54 Å². The Morgan fingerprint density at radius 2 is 1.96 bits per heavy atom. The first-order valence-electron chi connectivity index (χ1n) is 9.14. The van der Waals surface area contributed by atoms with Gasteiger partial charge in [-0.15, -0.1) is 22.0 Å². The largest absolute Gasteiger partial charge is 0.338 e. The van der Waals surface area contributed by atoms with Gasteiger partial charge in [0.25, 0.3) is 0 Å². The molecule has 2 aromatic heterocycles. The molecule has 0 unspecified atom stereocenters. The van der Waals surface area contributed by atoms with E-state index in [1.165, 1.54) is 10.5 Å². The van der Waals surface area contributed by atoms with Crippen molar-refractivity contribution < 1.29 is 4.79 Å². The van der Waals surface area contributed by atoms with E-state index in [0.717, 1.165) is 22.8 Å². The standard InChI is InChI=1S/C20H25N5OS/c1-4-21-20(26)22-11-16-7-5-6-8-17(16)27-13-15-9-10-18-23-24-19(14(2)3)25(18)12-15/h5-10,12,14H,4,11,13H2,1-3H3,(H2,21,22,26). The highest BCUT2D eigenvalue weighted by Crippen LogP contribution is 2.27.